The summed E-state index contributed by atoms with van der Waals surface area (Å²) in [7, 11) is 0. The van der Waals surface area contributed by atoms with Crippen molar-refractivity contribution in [3.63, 3.8) is 0 Å². The summed E-state index contributed by atoms with van der Waals surface area (Å²) in [6.07, 6.45) is 1.04. The third kappa shape index (κ3) is 6.22. The van der Waals surface area contributed by atoms with Crippen molar-refractivity contribution in [3.05, 3.63) is 35.4 Å². The molecule has 0 saturated heterocycles. The Labute approximate surface area is 126 Å². The van der Waals surface area contributed by atoms with Gasteiger partial charge in [-0.05, 0) is 30.4 Å². The normalized spacial score (nSPS) is 11.3. The smallest absolute Gasteiger partial charge is 1.00 e. The number of benzene rings is 1. The molecule has 3 N–H and O–H groups in total. The van der Waals surface area contributed by atoms with Gasteiger partial charge >= 0.3 is 35.5 Å². The molecule has 17 heavy (non-hydrogen) atoms. The molecule has 3 nitrogen and oxygen atoms in total. The average Bonchev–Trinajstić information content (AvgIpc) is 2.17. The Kier molecular flexibility index (Phi) is 9.72. The molecule has 1 aromatic rings. The second kappa shape index (κ2) is 8.70. The van der Waals surface area contributed by atoms with Crippen LogP contribution in [0, 0.1) is 5.92 Å². The fraction of sp³-hybridized carbons (Fsp3) is 0.462. The summed E-state index contributed by atoms with van der Waals surface area (Å²) in [5.74, 6) is -0.558. The SMILES string of the molecule is CC(C)Cc1ccc(C(C)C(=O)O)cc1.O.[H-].[Na+]. The van der Waals surface area contributed by atoms with E-state index in [1.165, 1.54) is 5.56 Å². The Morgan fingerprint density at radius 3 is 2.06 bits per heavy atom. The van der Waals surface area contributed by atoms with Crippen molar-refractivity contribution in [1.82, 2.24) is 0 Å². The zero-order chi connectivity index (χ0) is 11.4. The predicted molar refractivity (Wildman–Crippen MR) is 65.8 cm³/mol. The van der Waals surface area contributed by atoms with Crippen molar-refractivity contribution in [3.8, 4) is 0 Å². The van der Waals surface area contributed by atoms with Gasteiger partial charge < -0.3 is 12.0 Å². The molecule has 1 atom stereocenters. The second-order valence-electron chi connectivity index (χ2n) is 4.40. The van der Waals surface area contributed by atoms with Crippen LogP contribution in [-0.2, 0) is 11.2 Å². The zero-order valence-electron chi connectivity index (χ0n) is 12.0. The molecule has 0 radical (unpaired) electrons. The van der Waals surface area contributed by atoms with Crippen LogP contribution in [0.2, 0.25) is 0 Å². The largest absolute Gasteiger partial charge is 1.00 e. The maximum Gasteiger partial charge on any atom is 1.00 e. The number of carbonyl (C=O) groups is 1. The molecule has 1 rings (SSSR count). The first-order valence-electron chi connectivity index (χ1n) is 5.32. The standard InChI is InChI=1S/C13H18O2.Na.H2O.H/c1-9(2)8-11-4-6-12(7-5-11)10(3)13(14)15;;;/h4-7,9-10H,8H2,1-3H3,(H,14,15);;1H2;/q;+1;;-1. The summed E-state index contributed by atoms with van der Waals surface area (Å²) in [5, 5.41) is 8.85. The molecule has 0 heterocycles. The quantitative estimate of drug-likeness (QED) is 0.720. The third-order valence-corrected chi connectivity index (χ3v) is 2.49. The molecule has 1 unspecified atom stereocenters. The van der Waals surface area contributed by atoms with E-state index >= 15 is 0 Å². The fourth-order valence-corrected chi connectivity index (χ4v) is 1.56. The van der Waals surface area contributed by atoms with E-state index in [2.05, 4.69) is 13.8 Å². The van der Waals surface area contributed by atoms with E-state index in [4.69, 9.17) is 5.11 Å². The Hall–Kier alpha value is -0.350. The summed E-state index contributed by atoms with van der Waals surface area (Å²) in [6, 6.07) is 7.87. The van der Waals surface area contributed by atoms with Gasteiger partial charge in [0.1, 0.15) is 0 Å². The maximum absolute atomic E-state index is 10.8. The van der Waals surface area contributed by atoms with Gasteiger partial charge in [0.2, 0.25) is 0 Å². The van der Waals surface area contributed by atoms with Crippen molar-refractivity contribution in [2.45, 2.75) is 33.1 Å². The van der Waals surface area contributed by atoms with E-state index in [-0.39, 0.29) is 36.5 Å². The molecule has 0 aromatic heterocycles. The molecule has 0 fully saturated rings. The van der Waals surface area contributed by atoms with E-state index in [0.29, 0.717) is 5.92 Å². The van der Waals surface area contributed by atoms with Gasteiger partial charge in [0, 0.05) is 0 Å². The van der Waals surface area contributed by atoms with Crippen LogP contribution in [0.1, 0.15) is 39.2 Å². The third-order valence-electron chi connectivity index (χ3n) is 2.49. The summed E-state index contributed by atoms with van der Waals surface area (Å²) in [6.45, 7) is 6.06. The zero-order valence-corrected chi connectivity index (χ0v) is 13.0. The van der Waals surface area contributed by atoms with Crippen molar-refractivity contribution in [2.75, 3.05) is 0 Å². The molecular weight excluding hydrogens is 227 g/mol. The number of hydrogen-bond acceptors (Lipinski definition) is 1. The van der Waals surface area contributed by atoms with Crippen LogP contribution < -0.4 is 29.6 Å². The van der Waals surface area contributed by atoms with Gasteiger partial charge in [0.05, 0.1) is 5.92 Å². The summed E-state index contributed by atoms with van der Waals surface area (Å²) in [4.78, 5) is 10.8. The van der Waals surface area contributed by atoms with Crippen LogP contribution in [0.4, 0.5) is 0 Å². The maximum atomic E-state index is 10.8. The van der Waals surface area contributed by atoms with Crippen LogP contribution in [0.3, 0.4) is 0 Å². The topological polar surface area (TPSA) is 68.8 Å². The summed E-state index contributed by atoms with van der Waals surface area (Å²) in [5.41, 5.74) is 2.14. The Bertz CT molecular complexity index is 339. The number of aliphatic carboxylic acids is 1. The Morgan fingerprint density at radius 2 is 1.71 bits per heavy atom. The molecule has 0 spiro atoms. The van der Waals surface area contributed by atoms with Gasteiger partial charge in [0.25, 0.3) is 0 Å². The van der Waals surface area contributed by atoms with Gasteiger partial charge in [-0.3, -0.25) is 4.79 Å². The Morgan fingerprint density at radius 1 is 1.24 bits per heavy atom. The first-order valence-corrected chi connectivity index (χ1v) is 5.32. The second-order valence-corrected chi connectivity index (χ2v) is 4.40. The van der Waals surface area contributed by atoms with E-state index in [1.807, 2.05) is 24.3 Å². The molecular formula is C13H21NaO3. The van der Waals surface area contributed by atoms with E-state index in [0.717, 1.165) is 12.0 Å². The molecule has 0 aliphatic carbocycles. The van der Waals surface area contributed by atoms with Gasteiger partial charge in [-0.15, -0.1) is 0 Å². The average molecular weight is 248 g/mol. The molecule has 0 aliphatic rings. The van der Waals surface area contributed by atoms with E-state index in [1.54, 1.807) is 6.92 Å². The van der Waals surface area contributed by atoms with Gasteiger partial charge in [-0.25, -0.2) is 0 Å². The van der Waals surface area contributed by atoms with Crippen molar-refractivity contribution < 1.29 is 46.4 Å². The number of hydrogen-bond donors (Lipinski definition) is 1. The van der Waals surface area contributed by atoms with Gasteiger partial charge in [0.15, 0.2) is 0 Å². The van der Waals surface area contributed by atoms with Crippen LogP contribution in [0.15, 0.2) is 24.3 Å². The molecule has 0 amide bonds. The molecule has 0 aliphatic heterocycles. The minimum atomic E-state index is -0.772. The summed E-state index contributed by atoms with van der Waals surface area (Å²) < 4.78 is 0. The van der Waals surface area contributed by atoms with E-state index < -0.39 is 11.9 Å². The first kappa shape index (κ1) is 19.0. The van der Waals surface area contributed by atoms with Crippen LogP contribution in [0.25, 0.3) is 0 Å². The van der Waals surface area contributed by atoms with Crippen LogP contribution in [0.5, 0.6) is 0 Å². The van der Waals surface area contributed by atoms with Gasteiger partial charge in [-0.2, -0.15) is 0 Å². The van der Waals surface area contributed by atoms with Crippen molar-refractivity contribution in [2.24, 2.45) is 5.92 Å². The number of carboxylic acid groups (broad SMARTS) is 1. The molecule has 0 saturated carbocycles. The molecule has 1 aromatic carbocycles. The van der Waals surface area contributed by atoms with Gasteiger partial charge in [-0.1, -0.05) is 38.1 Å². The van der Waals surface area contributed by atoms with Crippen LogP contribution in [-0.4, -0.2) is 16.6 Å². The van der Waals surface area contributed by atoms with E-state index in [9.17, 15) is 4.79 Å². The van der Waals surface area contributed by atoms with Crippen LogP contribution >= 0.6 is 0 Å². The minimum absolute atomic E-state index is 0. The minimum Gasteiger partial charge on any atom is -1.00 e. The van der Waals surface area contributed by atoms with Crippen molar-refractivity contribution >= 4 is 5.97 Å². The fourth-order valence-electron chi connectivity index (χ4n) is 1.56. The summed E-state index contributed by atoms with van der Waals surface area (Å²) >= 11 is 0. The Balaban J connectivity index is -0.000000750. The first-order chi connectivity index (χ1) is 7.00. The molecule has 4 heteroatoms. The monoisotopic (exact) mass is 248 g/mol. The number of carboxylic acids is 1. The number of rotatable bonds is 4. The molecule has 0 bridgehead atoms. The molecule has 92 valence electrons. The predicted octanol–water partition coefficient (Wildman–Crippen LogP) is -0.635. The van der Waals surface area contributed by atoms with Crippen molar-refractivity contribution in [1.29, 1.82) is 0 Å².